The van der Waals surface area contributed by atoms with Gasteiger partial charge in [-0.25, -0.2) is 4.79 Å². The van der Waals surface area contributed by atoms with Gasteiger partial charge in [-0.2, -0.15) is 5.10 Å². The number of hydrogen-bond acceptors (Lipinski definition) is 6. The van der Waals surface area contributed by atoms with E-state index in [-0.39, 0.29) is 0 Å². The van der Waals surface area contributed by atoms with Crippen LogP contribution in [0.5, 0.6) is 11.5 Å². The Labute approximate surface area is 146 Å². The summed E-state index contributed by atoms with van der Waals surface area (Å²) in [6.45, 7) is 5.38. The Morgan fingerprint density at radius 2 is 1.76 bits per heavy atom. The largest absolute Gasteiger partial charge is 0.493 e. The average molecular weight is 348 g/mol. The fraction of sp³-hybridized carbons (Fsp3) is 0.412. The molecule has 1 heterocycles. The number of carbonyl (C=O) groups excluding carboxylic acids is 1. The highest BCUT2D eigenvalue weighted by molar-refractivity contribution is 5.92. The molecule has 3 N–H and O–H groups in total. The van der Waals surface area contributed by atoms with E-state index < -0.39 is 11.7 Å². The second-order valence-electron chi connectivity index (χ2n) is 6.46. The molecule has 0 saturated heterocycles. The fourth-order valence-corrected chi connectivity index (χ4v) is 2.22. The van der Waals surface area contributed by atoms with E-state index in [2.05, 4.69) is 10.4 Å². The predicted octanol–water partition coefficient (Wildman–Crippen LogP) is 3.03. The molecule has 0 radical (unpaired) electrons. The van der Waals surface area contributed by atoms with E-state index in [1.165, 1.54) is 14.2 Å². The molecular formula is C17H24N4O4. The average Bonchev–Trinajstić information content (AvgIpc) is 2.84. The van der Waals surface area contributed by atoms with Crippen molar-refractivity contribution >= 4 is 17.6 Å². The lowest BCUT2D eigenvalue weighted by atomic mass is 10.1. The second kappa shape index (κ2) is 6.92. The first-order valence-electron chi connectivity index (χ1n) is 7.70. The third kappa shape index (κ3) is 4.34. The number of aromatic nitrogens is 2. The van der Waals surface area contributed by atoms with Crippen molar-refractivity contribution in [3.05, 3.63) is 18.2 Å². The van der Waals surface area contributed by atoms with Gasteiger partial charge in [-0.3, -0.25) is 10.00 Å². The number of methoxy groups -OCH3 is 2. The maximum atomic E-state index is 12.2. The van der Waals surface area contributed by atoms with Crippen LogP contribution in [0.4, 0.5) is 16.3 Å². The molecule has 0 aliphatic heterocycles. The molecule has 0 spiro atoms. The van der Waals surface area contributed by atoms with Gasteiger partial charge < -0.3 is 19.9 Å². The van der Waals surface area contributed by atoms with E-state index in [9.17, 15) is 4.79 Å². The molecule has 136 valence electrons. The molecule has 8 nitrogen and oxygen atoms in total. The van der Waals surface area contributed by atoms with Crippen molar-refractivity contribution in [2.75, 3.05) is 25.3 Å². The highest BCUT2D eigenvalue weighted by Gasteiger charge is 2.20. The molecule has 25 heavy (non-hydrogen) atoms. The monoisotopic (exact) mass is 348 g/mol. The van der Waals surface area contributed by atoms with Crippen LogP contribution in [0.25, 0.3) is 11.3 Å². The smallest absolute Gasteiger partial charge is 0.412 e. The Balaban J connectivity index is 2.50. The van der Waals surface area contributed by atoms with E-state index in [4.69, 9.17) is 19.9 Å². The van der Waals surface area contributed by atoms with Gasteiger partial charge in [0.1, 0.15) is 11.4 Å². The summed E-state index contributed by atoms with van der Waals surface area (Å²) in [6.07, 6.45) is -0.579. The summed E-state index contributed by atoms with van der Waals surface area (Å²) in [5.74, 6) is 1.48. The zero-order valence-corrected chi connectivity index (χ0v) is 15.3. The first-order chi connectivity index (χ1) is 11.6. The molecule has 1 aromatic heterocycles. The molecule has 0 bridgehead atoms. The summed E-state index contributed by atoms with van der Waals surface area (Å²) in [5, 5.41) is 7.09. The minimum Gasteiger partial charge on any atom is -0.493 e. The summed E-state index contributed by atoms with van der Waals surface area (Å²) in [7, 11) is 4.80. The number of benzene rings is 1. The number of hydrogen-bond donors (Lipinski definition) is 2. The van der Waals surface area contributed by atoms with Gasteiger partial charge in [-0.05, 0) is 26.8 Å². The molecule has 0 unspecified atom stereocenters. The maximum Gasteiger partial charge on any atom is 0.412 e. The molecule has 1 aromatic carbocycles. The van der Waals surface area contributed by atoms with Gasteiger partial charge in [-0.15, -0.1) is 0 Å². The molecule has 2 rings (SSSR count). The number of rotatable bonds is 4. The number of nitrogens with two attached hydrogens (primary N) is 1. The first-order valence-corrected chi connectivity index (χ1v) is 7.70. The van der Waals surface area contributed by atoms with Crippen LogP contribution in [0, 0.1) is 0 Å². The lowest BCUT2D eigenvalue weighted by molar-refractivity contribution is 0.0636. The number of ether oxygens (including phenoxy) is 3. The van der Waals surface area contributed by atoms with Gasteiger partial charge in [0.2, 0.25) is 0 Å². The SMILES string of the molecule is COc1cc(NC(=O)OC(C)(C)C)c(-c2cc(N)n(C)n2)cc1OC. The minimum atomic E-state index is -0.615. The Morgan fingerprint density at radius 3 is 2.24 bits per heavy atom. The first kappa shape index (κ1) is 18.4. The van der Waals surface area contributed by atoms with Gasteiger partial charge in [0.15, 0.2) is 11.5 Å². The van der Waals surface area contributed by atoms with Gasteiger partial charge in [0, 0.05) is 24.7 Å². The number of amides is 1. The minimum absolute atomic E-state index is 0.473. The molecule has 2 aromatic rings. The highest BCUT2D eigenvalue weighted by Crippen LogP contribution is 2.38. The van der Waals surface area contributed by atoms with Crippen LogP contribution in [-0.4, -0.2) is 35.7 Å². The summed E-state index contributed by atoms with van der Waals surface area (Å²) < 4.78 is 17.5. The highest BCUT2D eigenvalue weighted by atomic mass is 16.6. The van der Waals surface area contributed by atoms with Crippen molar-refractivity contribution in [3.63, 3.8) is 0 Å². The topological polar surface area (TPSA) is 101 Å². The second-order valence-corrected chi connectivity index (χ2v) is 6.46. The number of carbonyl (C=O) groups is 1. The number of anilines is 2. The van der Waals surface area contributed by atoms with Crippen molar-refractivity contribution in [1.82, 2.24) is 9.78 Å². The van der Waals surface area contributed by atoms with Crippen molar-refractivity contribution in [1.29, 1.82) is 0 Å². The fourth-order valence-electron chi connectivity index (χ4n) is 2.22. The molecule has 0 atom stereocenters. The predicted molar refractivity (Wildman–Crippen MR) is 96.0 cm³/mol. The normalized spacial score (nSPS) is 11.1. The number of nitrogens with one attached hydrogen (secondary N) is 1. The van der Waals surface area contributed by atoms with Crippen LogP contribution in [0.2, 0.25) is 0 Å². The molecule has 1 amide bonds. The summed E-state index contributed by atoms with van der Waals surface area (Å²) in [6, 6.07) is 5.10. The van der Waals surface area contributed by atoms with Crippen LogP contribution >= 0.6 is 0 Å². The summed E-state index contributed by atoms with van der Waals surface area (Å²) in [4.78, 5) is 12.2. The maximum absolute atomic E-state index is 12.2. The molecule has 8 heteroatoms. The van der Waals surface area contributed by atoms with Gasteiger partial charge in [0.05, 0.1) is 25.6 Å². The zero-order valence-electron chi connectivity index (χ0n) is 15.3. The molecule has 0 fully saturated rings. The van der Waals surface area contributed by atoms with E-state index in [0.29, 0.717) is 34.3 Å². The lowest BCUT2D eigenvalue weighted by Crippen LogP contribution is -2.27. The van der Waals surface area contributed by atoms with Gasteiger partial charge in [0.25, 0.3) is 0 Å². The standard InChI is InChI=1S/C17H24N4O4/c1-17(2,3)25-16(22)19-11-8-14(24-6)13(23-5)7-10(11)12-9-15(18)21(4)20-12/h7-9H,18H2,1-6H3,(H,19,22). The van der Waals surface area contributed by atoms with Crippen LogP contribution < -0.4 is 20.5 Å². The zero-order chi connectivity index (χ0) is 18.8. The number of aryl methyl sites for hydroxylation is 1. The quantitative estimate of drug-likeness (QED) is 0.881. The Morgan fingerprint density at radius 1 is 1.16 bits per heavy atom. The molecule has 0 aliphatic rings. The lowest BCUT2D eigenvalue weighted by Gasteiger charge is -2.21. The van der Waals surface area contributed by atoms with Gasteiger partial charge >= 0.3 is 6.09 Å². The summed E-state index contributed by atoms with van der Waals surface area (Å²) in [5.41, 5.74) is 6.96. The molecular weight excluding hydrogens is 324 g/mol. The number of nitrogens with zero attached hydrogens (tertiary/aromatic N) is 2. The Kier molecular flexibility index (Phi) is 5.10. The van der Waals surface area contributed by atoms with Crippen molar-refractivity contribution in [2.24, 2.45) is 7.05 Å². The van der Waals surface area contributed by atoms with Gasteiger partial charge in [-0.1, -0.05) is 0 Å². The Bertz CT molecular complexity index is 758. The van der Waals surface area contributed by atoms with Crippen molar-refractivity contribution in [3.8, 4) is 22.8 Å². The van der Waals surface area contributed by atoms with Crippen molar-refractivity contribution < 1.29 is 19.0 Å². The van der Waals surface area contributed by atoms with Crippen LogP contribution in [-0.2, 0) is 11.8 Å². The Hall–Kier alpha value is -2.90. The number of nitrogen functional groups attached to an aromatic ring is 1. The summed E-state index contributed by atoms with van der Waals surface area (Å²) >= 11 is 0. The third-order valence-corrected chi connectivity index (χ3v) is 3.35. The molecule has 0 aliphatic carbocycles. The van der Waals surface area contributed by atoms with Crippen molar-refractivity contribution in [2.45, 2.75) is 26.4 Å². The van der Waals surface area contributed by atoms with E-state index >= 15 is 0 Å². The van der Waals surface area contributed by atoms with E-state index in [1.807, 2.05) is 0 Å². The van der Waals surface area contributed by atoms with Crippen LogP contribution in [0.1, 0.15) is 20.8 Å². The van der Waals surface area contributed by atoms with E-state index in [0.717, 1.165) is 0 Å². The third-order valence-electron chi connectivity index (χ3n) is 3.35. The van der Waals surface area contributed by atoms with Crippen LogP contribution in [0.3, 0.4) is 0 Å². The molecule has 0 saturated carbocycles. The van der Waals surface area contributed by atoms with Crippen LogP contribution in [0.15, 0.2) is 18.2 Å². The van der Waals surface area contributed by atoms with E-state index in [1.54, 1.807) is 50.7 Å².